The molecule has 2 N–H and O–H groups in total. The van der Waals surface area contributed by atoms with Gasteiger partial charge in [0.25, 0.3) is 0 Å². The number of benzene rings is 1. The van der Waals surface area contributed by atoms with Gasteiger partial charge in [0.2, 0.25) is 5.91 Å². The van der Waals surface area contributed by atoms with Crippen molar-refractivity contribution in [2.75, 3.05) is 0 Å². The molecule has 1 aromatic carbocycles. The van der Waals surface area contributed by atoms with Crippen LogP contribution >= 0.6 is 23.4 Å². The van der Waals surface area contributed by atoms with Gasteiger partial charge in [0.1, 0.15) is 0 Å². The van der Waals surface area contributed by atoms with E-state index in [9.17, 15) is 9.59 Å². The number of imide groups is 1. The monoisotopic (exact) mass is 340 g/mol. The fraction of sp³-hybridized carbons (Fsp3) is 0.500. The minimum absolute atomic E-state index is 0.213. The van der Waals surface area contributed by atoms with Crippen molar-refractivity contribution < 1.29 is 9.59 Å². The van der Waals surface area contributed by atoms with Crippen LogP contribution in [0.15, 0.2) is 24.3 Å². The average Bonchev–Trinajstić information content (AvgIpc) is 2.99. The number of amides is 3. The molecule has 120 valence electrons. The third-order valence-electron chi connectivity index (χ3n) is 3.71. The molecule has 22 heavy (non-hydrogen) atoms. The molecular formula is C16H21ClN2O2S. The molecular weight excluding hydrogens is 320 g/mol. The molecule has 6 heteroatoms. The Morgan fingerprint density at radius 2 is 1.91 bits per heavy atom. The second-order valence-corrected chi connectivity index (χ2v) is 7.29. The molecule has 4 nitrogen and oxygen atoms in total. The molecule has 0 radical (unpaired) electrons. The first-order valence-electron chi connectivity index (χ1n) is 7.52. The lowest BCUT2D eigenvalue weighted by Gasteiger charge is -2.15. The van der Waals surface area contributed by atoms with Crippen molar-refractivity contribution in [2.45, 2.75) is 49.7 Å². The molecule has 1 atom stereocenters. The maximum Gasteiger partial charge on any atom is 0.321 e. The second kappa shape index (κ2) is 8.44. The van der Waals surface area contributed by atoms with Crippen LogP contribution in [0.3, 0.4) is 0 Å². The minimum Gasteiger partial charge on any atom is -0.335 e. The van der Waals surface area contributed by atoms with Gasteiger partial charge in [0, 0.05) is 16.8 Å². The molecule has 1 aliphatic carbocycles. The summed E-state index contributed by atoms with van der Waals surface area (Å²) in [5.74, 6) is 0.449. The first-order chi connectivity index (χ1) is 10.5. The lowest BCUT2D eigenvalue weighted by Crippen LogP contribution is -2.45. The van der Waals surface area contributed by atoms with Crippen molar-refractivity contribution in [3.05, 3.63) is 34.9 Å². The highest BCUT2D eigenvalue weighted by molar-refractivity contribution is 7.99. The Hall–Kier alpha value is -1.20. The largest absolute Gasteiger partial charge is 0.335 e. The second-order valence-electron chi connectivity index (χ2n) is 5.52. The molecule has 0 spiro atoms. The van der Waals surface area contributed by atoms with Crippen LogP contribution in [0.5, 0.6) is 0 Å². The summed E-state index contributed by atoms with van der Waals surface area (Å²) in [4.78, 5) is 23.7. The molecule has 1 aromatic rings. The summed E-state index contributed by atoms with van der Waals surface area (Å²) in [6, 6.07) is 7.37. The highest BCUT2D eigenvalue weighted by atomic mass is 35.5. The first kappa shape index (κ1) is 17.2. The minimum atomic E-state index is -0.379. The Bertz CT molecular complexity index is 515. The number of hydrogen-bond donors (Lipinski definition) is 2. The van der Waals surface area contributed by atoms with E-state index in [1.807, 2.05) is 24.3 Å². The quantitative estimate of drug-likeness (QED) is 0.858. The summed E-state index contributed by atoms with van der Waals surface area (Å²) < 4.78 is 0. The predicted molar refractivity (Wildman–Crippen MR) is 91.1 cm³/mol. The summed E-state index contributed by atoms with van der Waals surface area (Å²) >= 11 is 7.33. The Kier molecular flexibility index (Phi) is 6.58. The van der Waals surface area contributed by atoms with Gasteiger partial charge in [0.15, 0.2) is 0 Å². The van der Waals surface area contributed by atoms with E-state index in [1.165, 1.54) is 11.8 Å². The Morgan fingerprint density at radius 1 is 1.27 bits per heavy atom. The number of thioether (sulfide) groups is 1. The van der Waals surface area contributed by atoms with Crippen molar-refractivity contribution in [3.8, 4) is 0 Å². The molecule has 3 amide bonds. The van der Waals surface area contributed by atoms with Gasteiger partial charge < -0.3 is 5.32 Å². The molecule has 1 fully saturated rings. The summed E-state index contributed by atoms with van der Waals surface area (Å²) in [6.07, 6.45) is 4.30. The van der Waals surface area contributed by atoms with Gasteiger partial charge in [0.05, 0.1) is 5.25 Å². The van der Waals surface area contributed by atoms with E-state index in [0.29, 0.717) is 10.8 Å². The van der Waals surface area contributed by atoms with E-state index in [2.05, 4.69) is 10.6 Å². The van der Waals surface area contributed by atoms with E-state index >= 15 is 0 Å². The smallest absolute Gasteiger partial charge is 0.321 e. The van der Waals surface area contributed by atoms with Crippen LogP contribution in [0.25, 0.3) is 0 Å². The highest BCUT2D eigenvalue weighted by Gasteiger charge is 2.20. The van der Waals surface area contributed by atoms with Crippen molar-refractivity contribution >= 4 is 35.3 Å². The van der Waals surface area contributed by atoms with Crippen molar-refractivity contribution in [2.24, 2.45) is 0 Å². The summed E-state index contributed by atoms with van der Waals surface area (Å²) in [6.45, 7) is 1.80. The molecule has 1 saturated carbocycles. The Balaban J connectivity index is 1.71. The van der Waals surface area contributed by atoms with Gasteiger partial charge in [-0.25, -0.2) is 4.79 Å². The van der Waals surface area contributed by atoms with Crippen LogP contribution in [-0.4, -0.2) is 23.2 Å². The zero-order chi connectivity index (χ0) is 15.9. The molecule has 2 rings (SSSR count). The van der Waals surface area contributed by atoms with Crippen molar-refractivity contribution in [1.82, 2.24) is 10.6 Å². The number of rotatable bonds is 5. The predicted octanol–water partition coefficient (Wildman–Crippen LogP) is 3.73. The van der Waals surface area contributed by atoms with Gasteiger partial charge in [-0.2, -0.15) is 0 Å². The average molecular weight is 341 g/mol. The third-order valence-corrected chi connectivity index (χ3v) is 5.18. The molecule has 0 aromatic heterocycles. The van der Waals surface area contributed by atoms with Crippen LogP contribution in [0, 0.1) is 0 Å². The number of halogens is 1. The van der Waals surface area contributed by atoms with Crippen LogP contribution in [0.1, 0.15) is 38.2 Å². The maximum absolute atomic E-state index is 12.0. The van der Waals surface area contributed by atoms with Crippen LogP contribution < -0.4 is 10.6 Å². The summed E-state index contributed by atoms with van der Waals surface area (Å²) in [7, 11) is 0. The topological polar surface area (TPSA) is 58.2 Å². The zero-order valence-corrected chi connectivity index (χ0v) is 14.2. The van der Waals surface area contributed by atoms with Crippen LogP contribution in [0.4, 0.5) is 4.79 Å². The Morgan fingerprint density at radius 3 is 2.55 bits per heavy atom. The zero-order valence-electron chi connectivity index (χ0n) is 12.6. The van der Waals surface area contributed by atoms with E-state index in [1.54, 1.807) is 6.92 Å². The SMILES string of the molecule is C[C@@H](SCc1ccc(Cl)cc1)C(=O)NC(=O)NC1CCCC1. The lowest BCUT2D eigenvalue weighted by atomic mass is 10.2. The van der Waals surface area contributed by atoms with E-state index in [-0.39, 0.29) is 23.2 Å². The van der Waals surface area contributed by atoms with Gasteiger partial charge in [-0.3, -0.25) is 10.1 Å². The third kappa shape index (κ3) is 5.54. The van der Waals surface area contributed by atoms with Gasteiger partial charge in [-0.1, -0.05) is 36.6 Å². The van der Waals surface area contributed by atoms with Crippen LogP contribution in [-0.2, 0) is 10.5 Å². The van der Waals surface area contributed by atoms with Crippen molar-refractivity contribution in [3.63, 3.8) is 0 Å². The van der Waals surface area contributed by atoms with E-state index < -0.39 is 0 Å². The van der Waals surface area contributed by atoms with Crippen molar-refractivity contribution in [1.29, 1.82) is 0 Å². The number of carbonyl (C=O) groups excluding carboxylic acids is 2. The summed E-state index contributed by atoms with van der Waals surface area (Å²) in [5, 5.41) is 5.68. The normalized spacial score (nSPS) is 16.3. The Labute approximate surface area is 140 Å². The molecule has 0 aliphatic heterocycles. The maximum atomic E-state index is 12.0. The van der Waals surface area contributed by atoms with E-state index in [4.69, 9.17) is 11.6 Å². The molecule has 0 unspecified atom stereocenters. The number of hydrogen-bond acceptors (Lipinski definition) is 3. The summed E-state index contributed by atoms with van der Waals surface area (Å²) in [5.41, 5.74) is 1.10. The fourth-order valence-electron chi connectivity index (χ4n) is 2.38. The fourth-order valence-corrected chi connectivity index (χ4v) is 3.35. The number of nitrogens with one attached hydrogen (secondary N) is 2. The molecule has 0 heterocycles. The van der Waals surface area contributed by atoms with Gasteiger partial charge in [-0.05, 0) is 37.5 Å². The first-order valence-corrected chi connectivity index (χ1v) is 8.94. The molecule has 0 saturated heterocycles. The standard InChI is InChI=1S/C16H21ClN2O2S/c1-11(22-10-12-6-8-13(17)9-7-12)15(20)19-16(21)18-14-4-2-3-5-14/h6-9,11,14H,2-5,10H2,1H3,(H2,18,19,20,21)/t11-/m1/s1. The number of urea groups is 1. The van der Waals surface area contributed by atoms with Crippen LogP contribution in [0.2, 0.25) is 5.02 Å². The van der Waals surface area contributed by atoms with E-state index in [0.717, 1.165) is 31.2 Å². The molecule has 0 bridgehead atoms. The van der Waals surface area contributed by atoms with Gasteiger partial charge >= 0.3 is 6.03 Å². The molecule has 1 aliphatic rings. The lowest BCUT2D eigenvalue weighted by molar-refractivity contribution is -0.119. The highest BCUT2D eigenvalue weighted by Crippen LogP contribution is 2.20. The van der Waals surface area contributed by atoms with Gasteiger partial charge in [-0.15, -0.1) is 11.8 Å². The number of carbonyl (C=O) groups is 2.